The summed E-state index contributed by atoms with van der Waals surface area (Å²) in [6, 6.07) is 0. The van der Waals surface area contributed by atoms with Crippen LogP contribution >= 0.6 is 0 Å². The first-order chi connectivity index (χ1) is 8.62. The molecule has 4 unspecified atom stereocenters. The molecule has 3 aliphatic rings. The van der Waals surface area contributed by atoms with E-state index >= 15 is 0 Å². The minimum atomic E-state index is -0.0430. The number of fused-ring (bicyclic) bond motifs is 2. The lowest BCUT2D eigenvalue weighted by atomic mass is 9.90. The summed E-state index contributed by atoms with van der Waals surface area (Å²) in [6.45, 7) is 7.87. The van der Waals surface area contributed by atoms with E-state index < -0.39 is 0 Å². The molecule has 2 aliphatic carbocycles. The molecule has 1 saturated heterocycles. The first kappa shape index (κ1) is 12.9. The van der Waals surface area contributed by atoms with Crippen molar-refractivity contribution < 1.29 is 9.47 Å². The monoisotopic (exact) mass is 253 g/mol. The Morgan fingerprint density at radius 2 is 2.11 bits per heavy atom. The van der Waals surface area contributed by atoms with Crippen LogP contribution in [0.15, 0.2) is 0 Å². The third-order valence-electron chi connectivity index (χ3n) is 4.93. The van der Waals surface area contributed by atoms with E-state index in [2.05, 4.69) is 19.2 Å². The predicted molar refractivity (Wildman–Crippen MR) is 71.6 cm³/mol. The Kier molecular flexibility index (Phi) is 3.65. The molecular weight excluding hydrogens is 226 g/mol. The molecular formula is C15H27NO2. The van der Waals surface area contributed by atoms with Gasteiger partial charge in [0.2, 0.25) is 0 Å². The fraction of sp³-hybridized carbons (Fsp3) is 1.00. The fourth-order valence-corrected chi connectivity index (χ4v) is 4.09. The molecule has 3 nitrogen and oxygen atoms in total. The van der Waals surface area contributed by atoms with E-state index in [1.165, 1.54) is 25.7 Å². The molecule has 0 aromatic heterocycles. The van der Waals surface area contributed by atoms with Crippen LogP contribution in [0.1, 0.15) is 39.5 Å². The number of hydrogen-bond donors (Lipinski definition) is 1. The molecule has 1 N–H and O–H groups in total. The normalized spacial score (nSPS) is 42.3. The van der Waals surface area contributed by atoms with Gasteiger partial charge >= 0.3 is 0 Å². The number of nitrogens with one attached hydrogen (secondary N) is 1. The van der Waals surface area contributed by atoms with Crippen molar-refractivity contribution in [2.45, 2.75) is 51.2 Å². The molecule has 0 spiro atoms. The Morgan fingerprint density at radius 3 is 2.78 bits per heavy atom. The highest BCUT2D eigenvalue weighted by Gasteiger charge is 2.39. The lowest BCUT2D eigenvalue weighted by Crippen LogP contribution is -2.52. The maximum absolute atomic E-state index is 6.01. The molecule has 0 aromatic rings. The molecule has 18 heavy (non-hydrogen) atoms. The fourth-order valence-electron chi connectivity index (χ4n) is 4.09. The SMILES string of the molecule is CC1(C)CNCC(COCC2CC3CCC2C3)O1. The standard InChI is InChI=1S/C15H27NO2/c1-15(2)10-16-7-14(18-15)9-17-8-13-6-11-3-4-12(13)5-11/h11-14,16H,3-10H2,1-2H3. The zero-order valence-corrected chi connectivity index (χ0v) is 11.8. The summed E-state index contributed by atoms with van der Waals surface area (Å²) in [5.74, 6) is 2.83. The number of rotatable bonds is 4. The minimum absolute atomic E-state index is 0.0430. The van der Waals surface area contributed by atoms with Crippen LogP contribution in [-0.2, 0) is 9.47 Å². The smallest absolute Gasteiger partial charge is 0.0940 e. The van der Waals surface area contributed by atoms with Gasteiger partial charge in [-0.25, -0.2) is 0 Å². The topological polar surface area (TPSA) is 30.5 Å². The zero-order valence-electron chi connectivity index (χ0n) is 11.8. The van der Waals surface area contributed by atoms with Crippen molar-refractivity contribution in [1.29, 1.82) is 0 Å². The van der Waals surface area contributed by atoms with Gasteiger partial charge in [-0.05, 0) is 50.9 Å². The van der Waals surface area contributed by atoms with Crippen molar-refractivity contribution in [3.8, 4) is 0 Å². The van der Waals surface area contributed by atoms with Crippen LogP contribution in [0.3, 0.4) is 0 Å². The van der Waals surface area contributed by atoms with Crippen LogP contribution in [0.25, 0.3) is 0 Å². The second-order valence-electron chi connectivity index (χ2n) is 7.10. The van der Waals surface area contributed by atoms with Gasteiger partial charge < -0.3 is 14.8 Å². The quantitative estimate of drug-likeness (QED) is 0.833. The highest BCUT2D eigenvalue weighted by Crippen LogP contribution is 2.48. The molecule has 1 aliphatic heterocycles. The van der Waals surface area contributed by atoms with Crippen molar-refractivity contribution in [3.63, 3.8) is 0 Å². The van der Waals surface area contributed by atoms with Gasteiger partial charge in [0.1, 0.15) is 0 Å². The molecule has 104 valence electrons. The van der Waals surface area contributed by atoms with Gasteiger partial charge in [-0.15, -0.1) is 0 Å². The van der Waals surface area contributed by atoms with Crippen LogP contribution in [0, 0.1) is 17.8 Å². The van der Waals surface area contributed by atoms with Crippen LogP contribution in [0.2, 0.25) is 0 Å². The summed E-state index contributed by atoms with van der Waals surface area (Å²) >= 11 is 0. The van der Waals surface area contributed by atoms with Crippen LogP contribution in [0.4, 0.5) is 0 Å². The molecule has 3 rings (SSSR count). The van der Waals surface area contributed by atoms with E-state index in [1.54, 1.807) is 0 Å². The Balaban J connectivity index is 1.37. The summed E-state index contributed by atoms with van der Waals surface area (Å²) in [5.41, 5.74) is -0.0430. The zero-order chi connectivity index (χ0) is 12.6. The number of ether oxygens (including phenoxy) is 2. The minimum Gasteiger partial charge on any atom is -0.378 e. The molecule has 2 bridgehead atoms. The summed E-state index contributed by atoms with van der Waals surface area (Å²) in [7, 11) is 0. The summed E-state index contributed by atoms with van der Waals surface area (Å²) in [5, 5.41) is 3.43. The molecule has 3 fully saturated rings. The van der Waals surface area contributed by atoms with Crippen LogP contribution < -0.4 is 5.32 Å². The average Bonchev–Trinajstić information content (AvgIpc) is 2.89. The number of morpholine rings is 1. The van der Waals surface area contributed by atoms with E-state index in [0.717, 1.165) is 44.1 Å². The predicted octanol–water partition coefficient (Wildman–Crippen LogP) is 2.21. The van der Waals surface area contributed by atoms with Crippen molar-refractivity contribution in [2.24, 2.45) is 17.8 Å². The molecule has 1 heterocycles. The molecule has 2 saturated carbocycles. The second kappa shape index (κ2) is 5.10. The van der Waals surface area contributed by atoms with Gasteiger partial charge in [0.05, 0.1) is 18.3 Å². The van der Waals surface area contributed by atoms with E-state index in [-0.39, 0.29) is 11.7 Å². The van der Waals surface area contributed by atoms with Crippen LogP contribution in [0.5, 0.6) is 0 Å². The average molecular weight is 253 g/mol. The van der Waals surface area contributed by atoms with Crippen molar-refractivity contribution in [1.82, 2.24) is 5.32 Å². The Hall–Kier alpha value is -0.120. The lowest BCUT2D eigenvalue weighted by Gasteiger charge is -2.36. The molecule has 0 amide bonds. The first-order valence-electron chi connectivity index (χ1n) is 7.59. The van der Waals surface area contributed by atoms with E-state index in [4.69, 9.17) is 9.47 Å². The molecule has 3 heteroatoms. The van der Waals surface area contributed by atoms with E-state index in [0.29, 0.717) is 0 Å². The summed E-state index contributed by atoms with van der Waals surface area (Å²) < 4.78 is 12.0. The lowest BCUT2D eigenvalue weighted by molar-refractivity contribution is -0.123. The Morgan fingerprint density at radius 1 is 1.22 bits per heavy atom. The third kappa shape index (κ3) is 2.89. The third-order valence-corrected chi connectivity index (χ3v) is 4.93. The summed E-state index contributed by atoms with van der Waals surface area (Å²) in [4.78, 5) is 0. The first-order valence-corrected chi connectivity index (χ1v) is 7.59. The van der Waals surface area contributed by atoms with Crippen molar-refractivity contribution >= 4 is 0 Å². The van der Waals surface area contributed by atoms with E-state index in [1.807, 2.05) is 0 Å². The Bertz CT molecular complexity index is 292. The molecule has 4 atom stereocenters. The van der Waals surface area contributed by atoms with Gasteiger partial charge in [-0.1, -0.05) is 6.42 Å². The van der Waals surface area contributed by atoms with Gasteiger partial charge in [0, 0.05) is 19.7 Å². The van der Waals surface area contributed by atoms with Gasteiger partial charge in [0.15, 0.2) is 0 Å². The van der Waals surface area contributed by atoms with Crippen molar-refractivity contribution in [3.05, 3.63) is 0 Å². The van der Waals surface area contributed by atoms with Crippen molar-refractivity contribution in [2.75, 3.05) is 26.3 Å². The summed E-state index contributed by atoms with van der Waals surface area (Å²) in [6.07, 6.45) is 6.05. The largest absolute Gasteiger partial charge is 0.378 e. The highest BCUT2D eigenvalue weighted by atomic mass is 16.5. The van der Waals surface area contributed by atoms with Gasteiger partial charge in [-0.2, -0.15) is 0 Å². The van der Waals surface area contributed by atoms with Gasteiger partial charge in [0.25, 0.3) is 0 Å². The van der Waals surface area contributed by atoms with Gasteiger partial charge in [-0.3, -0.25) is 0 Å². The number of hydrogen-bond acceptors (Lipinski definition) is 3. The maximum atomic E-state index is 6.01. The molecule has 0 radical (unpaired) electrons. The maximum Gasteiger partial charge on any atom is 0.0940 e. The molecule has 0 aromatic carbocycles. The van der Waals surface area contributed by atoms with E-state index in [9.17, 15) is 0 Å². The second-order valence-corrected chi connectivity index (χ2v) is 7.10. The van der Waals surface area contributed by atoms with Crippen LogP contribution in [-0.4, -0.2) is 38.0 Å². The highest BCUT2D eigenvalue weighted by molar-refractivity contribution is 4.90. The Labute approximate surface area is 111 Å².